The standard InChI is InChI=1S/C24H42N2O5S2/c1-2-7-21(31-23(29)11-6-4-9-19(33)13-15-32)25-14-12-22(28)26-16-18-8-3-5-10-20(18)24(26)30-17-27/h17-21,24-25,32-33H,2-16H2,1H3. The molecule has 0 bridgehead atoms. The molecule has 1 amide bonds. The predicted molar refractivity (Wildman–Crippen MR) is 135 cm³/mol. The molecule has 1 N–H and O–H groups in total. The smallest absolute Gasteiger partial charge is 0.307 e. The number of rotatable bonds is 16. The Labute approximate surface area is 209 Å². The van der Waals surface area contributed by atoms with E-state index in [1.807, 2.05) is 6.92 Å². The largest absolute Gasteiger partial charge is 0.447 e. The van der Waals surface area contributed by atoms with Crippen molar-refractivity contribution in [1.29, 1.82) is 0 Å². The van der Waals surface area contributed by atoms with Crippen molar-refractivity contribution >= 4 is 43.6 Å². The van der Waals surface area contributed by atoms with Crippen LogP contribution >= 0.6 is 25.3 Å². The van der Waals surface area contributed by atoms with Crippen LogP contribution in [0.25, 0.3) is 0 Å². The Bertz CT molecular complexity index is 609. The molecule has 1 saturated carbocycles. The third kappa shape index (κ3) is 9.68. The van der Waals surface area contributed by atoms with Crippen molar-refractivity contribution in [3.8, 4) is 0 Å². The molecular formula is C24H42N2O5S2. The first-order valence-electron chi connectivity index (χ1n) is 12.6. The summed E-state index contributed by atoms with van der Waals surface area (Å²) in [5, 5.41) is 3.55. The Hall–Kier alpha value is -0.930. The van der Waals surface area contributed by atoms with Crippen LogP contribution in [-0.2, 0) is 23.9 Å². The van der Waals surface area contributed by atoms with Crippen LogP contribution in [0.5, 0.6) is 0 Å². The number of ether oxygens (including phenoxy) is 2. The van der Waals surface area contributed by atoms with Gasteiger partial charge in [0, 0.05) is 37.1 Å². The number of nitrogens with zero attached hydrogens (tertiary/aromatic N) is 1. The lowest BCUT2D eigenvalue weighted by molar-refractivity contribution is -0.154. The number of nitrogens with one attached hydrogen (secondary N) is 1. The molecule has 33 heavy (non-hydrogen) atoms. The highest BCUT2D eigenvalue weighted by Gasteiger charge is 2.45. The molecule has 2 rings (SSSR count). The number of hydrogen-bond acceptors (Lipinski definition) is 8. The van der Waals surface area contributed by atoms with Crippen LogP contribution in [0.4, 0.5) is 0 Å². The van der Waals surface area contributed by atoms with Crippen molar-refractivity contribution < 1.29 is 23.9 Å². The van der Waals surface area contributed by atoms with Crippen LogP contribution < -0.4 is 5.32 Å². The summed E-state index contributed by atoms with van der Waals surface area (Å²) in [7, 11) is 0. The molecule has 0 aromatic rings. The lowest BCUT2D eigenvalue weighted by atomic mass is 9.81. The molecule has 0 radical (unpaired) electrons. The SMILES string of the molecule is CCCC(NCCC(=O)N1CC2CCCCC2C1OC=O)OC(=O)CCCCC(S)CCS. The Morgan fingerprint density at radius 1 is 1.15 bits per heavy atom. The van der Waals surface area contributed by atoms with Crippen molar-refractivity contribution in [2.75, 3.05) is 18.8 Å². The van der Waals surface area contributed by atoms with Gasteiger partial charge < -0.3 is 14.4 Å². The maximum Gasteiger partial charge on any atom is 0.307 e. The fourth-order valence-electron chi connectivity index (χ4n) is 5.01. The van der Waals surface area contributed by atoms with Crippen molar-refractivity contribution in [3.05, 3.63) is 0 Å². The molecule has 0 aromatic carbocycles. The number of carbonyl (C=O) groups is 3. The van der Waals surface area contributed by atoms with Crippen molar-refractivity contribution in [2.24, 2.45) is 11.8 Å². The van der Waals surface area contributed by atoms with Gasteiger partial charge in [0.05, 0.1) is 0 Å². The minimum atomic E-state index is -0.436. The highest BCUT2D eigenvalue weighted by molar-refractivity contribution is 7.81. The first-order chi connectivity index (χ1) is 16.0. The zero-order valence-corrected chi connectivity index (χ0v) is 21.7. The van der Waals surface area contributed by atoms with Crippen LogP contribution in [-0.4, -0.2) is 59.8 Å². The van der Waals surface area contributed by atoms with Gasteiger partial charge in [0.2, 0.25) is 5.91 Å². The fraction of sp³-hybridized carbons (Fsp3) is 0.875. The van der Waals surface area contributed by atoms with E-state index in [4.69, 9.17) is 9.47 Å². The second-order valence-electron chi connectivity index (χ2n) is 9.26. The molecular weight excluding hydrogens is 460 g/mol. The summed E-state index contributed by atoms with van der Waals surface area (Å²) < 4.78 is 10.9. The number of hydrogen-bond donors (Lipinski definition) is 3. The van der Waals surface area contributed by atoms with Crippen molar-refractivity contribution in [1.82, 2.24) is 10.2 Å². The number of likely N-dealkylation sites (tertiary alicyclic amines) is 1. The van der Waals surface area contributed by atoms with Gasteiger partial charge in [-0.25, -0.2) is 0 Å². The second kappa shape index (κ2) is 15.9. The average molecular weight is 503 g/mol. The van der Waals surface area contributed by atoms with Crippen LogP contribution in [0.3, 0.4) is 0 Å². The van der Waals surface area contributed by atoms with E-state index in [0.29, 0.717) is 43.6 Å². The molecule has 1 heterocycles. The second-order valence-corrected chi connectivity index (χ2v) is 10.4. The van der Waals surface area contributed by atoms with Gasteiger partial charge in [-0.05, 0) is 50.2 Å². The summed E-state index contributed by atoms with van der Waals surface area (Å²) in [5.74, 6) is 1.27. The van der Waals surface area contributed by atoms with Gasteiger partial charge in [0.1, 0.15) is 0 Å². The maximum atomic E-state index is 12.9. The Balaban J connectivity index is 1.72. The lowest BCUT2D eigenvalue weighted by Crippen LogP contribution is -2.42. The number of thiol groups is 2. The molecule has 1 aliphatic heterocycles. The van der Waals surface area contributed by atoms with Crippen molar-refractivity contribution in [3.63, 3.8) is 0 Å². The first kappa shape index (κ1) is 28.3. The Morgan fingerprint density at radius 3 is 2.67 bits per heavy atom. The minimum absolute atomic E-state index is 0.0205. The minimum Gasteiger partial charge on any atom is -0.447 e. The van der Waals surface area contributed by atoms with E-state index >= 15 is 0 Å². The Morgan fingerprint density at radius 2 is 1.94 bits per heavy atom. The molecule has 7 nitrogen and oxygen atoms in total. The normalized spacial score (nSPS) is 24.1. The summed E-state index contributed by atoms with van der Waals surface area (Å²) in [6, 6.07) is 0. The van der Waals surface area contributed by atoms with E-state index in [1.165, 1.54) is 6.42 Å². The van der Waals surface area contributed by atoms with Gasteiger partial charge in [-0.15, -0.1) is 0 Å². The number of esters is 1. The van der Waals surface area contributed by atoms with E-state index < -0.39 is 6.23 Å². The lowest BCUT2D eigenvalue weighted by Gasteiger charge is -2.28. The van der Waals surface area contributed by atoms with Gasteiger partial charge in [0.15, 0.2) is 12.5 Å². The summed E-state index contributed by atoms with van der Waals surface area (Å²) in [4.78, 5) is 37.9. The van der Waals surface area contributed by atoms with E-state index in [-0.39, 0.29) is 30.4 Å². The third-order valence-electron chi connectivity index (χ3n) is 6.75. The molecule has 0 aromatic heterocycles. The van der Waals surface area contributed by atoms with Crippen LogP contribution in [0.15, 0.2) is 0 Å². The maximum absolute atomic E-state index is 12.9. The predicted octanol–water partition coefficient (Wildman–Crippen LogP) is 3.96. The third-order valence-corrected chi connectivity index (χ3v) is 7.53. The van der Waals surface area contributed by atoms with E-state index in [1.54, 1.807) is 4.90 Å². The molecule has 5 atom stereocenters. The number of unbranched alkanes of at least 4 members (excludes halogenated alkanes) is 1. The molecule has 2 aliphatic rings. The monoisotopic (exact) mass is 502 g/mol. The van der Waals surface area contributed by atoms with Gasteiger partial charge in [-0.1, -0.05) is 32.6 Å². The average Bonchev–Trinajstić information content (AvgIpc) is 3.16. The first-order valence-corrected chi connectivity index (χ1v) is 13.7. The Kier molecular flexibility index (Phi) is 13.6. The van der Waals surface area contributed by atoms with Gasteiger partial charge in [-0.2, -0.15) is 25.3 Å². The van der Waals surface area contributed by atoms with Gasteiger partial charge in [-0.3, -0.25) is 19.7 Å². The highest BCUT2D eigenvalue weighted by atomic mass is 32.1. The van der Waals surface area contributed by atoms with E-state index in [2.05, 4.69) is 30.6 Å². The number of carbonyl (C=O) groups excluding carboxylic acids is 3. The molecule has 2 fully saturated rings. The van der Waals surface area contributed by atoms with Gasteiger partial charge >= 0.3 is 5.97 Å². The zero-order chi connectivity index (χ0) is 24.1. The molecule has 9 heteroatoms. The summed E-state index contributed by atoms with van der Waals surface area (Å²) >= 11 is 8.74. The molecule has 1 saturated heterocycles. The molecule has 5 unspecified atom stereocenters. The van der Waals surface area contributed by atoms with Crippen LogP contribution in [0, 0.1) is 11.8 Å². The summed E-state index contributed by atoms with van der Waals surface area (Å²) in [6.07, 6.45) is 9.48. The van der Waals surface area contributed by atoms with E-state index in [0.717, 1.165) is 57.1 Å². The number of amides is 1. The summed E-state index contributed by atoms with van der Waals surface area (Å²) in [5.41, 5.74) is 0. The molecule has 1 aliphatic carbocycles. The van der Waals surface area contributed by atoms with Crippen molar-refractivity contribution in [2.45, 2.75) is 102 Å². The van der Waals surface area contributed by atoms with Gasteiger partial charge in [0.25, 0.3) is 6.47 Å². The van der Waals surface area contributed by atoms with Crippen LogP contribution in [0.2, 0.25) is 0 Å². The molecule has 190 valence electrons. The molecule has 0 spiro atoms. The van der Waals surface area contributed by atoms with Crippen LogP contribution in [0.1, 0.15) is 84.0 Å². The number of fused-ring (bicyclic) bond motifs is 1. The summed E-state index contributed by atoms with van der Waals surface area (Å²) in [6.45, 7) is 3.58. The quantitative estimate of drug-likeness (QED) is 0.0974. The highest BCUT2D eigenvalue weighted by Crippen LogP contribution is 2.40. The fourth-order valence-corrected chi connectivity index (χ4v) is 5.84. The van der Waals surface area contributed by atoms with E-state index in [9.17, 15) is 14.4 Å². The topological polar surface area (TPSA) is 84.9 Å². The zero-order valence-electron chi connectivity index (χ0n) is 20.0.